The SMILES string of the molecule is O=C(NCc1cccnc1)Nc1ccc(S(=O)(=O)NC2CCCC(Cl)C2Cl)cc1. The zero-order valence-corrected chi connectivity index (χ0v) is 17.8. The number of alkyl halides is 2. The van der Waals surface area contributed by atoms with E-state index in [0.717, 1.165) is 18.4 Å². The summed E-state index contributed by atoms with van der Waals surface area (Å²) < 4.78 is 27.9. The topological polar surface area (TPSA) is 100 Å². The van der Waals surface area contributed by atoms with Gasteiger partial charge >= 0.3 is 6.03 Å². The Morgan fingerprint density at radius 3 is 2.59 bits per heavy atom. The van der Waals surface area contributed by atoms with Gasteiger partial charge in [0.15, 0.2) is 0 Å². The molecule has 29 heavy (non-hydrogen) atoms. The Morgan fingerprint density at radius 2 is 1.90 bits per heavy atom. The van der Waals surface area contributed by atoms with Crippen LogP contribution in [-0.2, 0) is 16.6 Å². The first kappa shape index (κ1) is 21.8. The summed E-state index contributed by atoms with van der Waals surface area (Å²) in [5, 5.41) is 4.66. The molecule has 1 aliphatic rings. The first-order valence-corrected chi connectivity index (χ1v) is 11.5. The van der Waals surface area contributed by atoms with Crippen LogP contribution in [0, 0.1) is 0 Å². The molecule has 2 amide bonds. The number of hydrogen-bond donors (Lipinski definition) is 3. The van der Waals surface area contributed by atoms with Crippen molar-refractivity contribution < 1.29 is 13.2 Å². The van der Waals surface area contributed by atoms with Crippen molar-refractivity contribution in [3.8, 4) is 0 Å². The number of anilines is 1. The third-order valence-electron chi connectivity index (χ3n) is 4.63. The number of carbonyl (C=O) groups excluding carboxylic acids is 1. The normalized spacial score (nSPS) is 22.1. The summed E-state index contributed by atoms with van der Waals surface area (Å²) in [6.45, 7) is 0.332. The number of nitrogens with zero attached hydrogens (tertiary/aromatic N) is 1. The maximum Gasteiger partial charge on any atom is 0.319 e. The van der Waals surface area contributed by atoms with Crippen LogP contribution in [0.5, 0.6) is 0 Å². The molecular weight excluding hydrogens is 435 g/mol. The highest BCUT2D eigenvalue weighted by atomic mass is 35.5. The molecule has 3 rings (SSSR count). The molecule has 3 N–H and O–H groups in total. The van der Waals surface area contributed by atoms with E-state index >= 15 is 0 Å². The minimum atomic E-state index is -3.74. The summed E-state index contributed by atoms with van der Waals surface area (Å²) in [5.74, 6) is 0. The van der Waals surface area contributed by atoms with Crippen LogP contribution in [0.3, 0.4) is 0 Å². The number of aromatic nitrogens is 1. The number of halogens is 2. The molecule has 10 heteroatoms. The average molecular weight is 457 g/mol. The van der Waals surface area contributed by atoms with E-state index in [1.54, 1.807) is 18.5 Å². The Morgan fingerprint density at radius 1 is 1.14 bits per heavy atom. The van der Waals surface area contributed by atoms with Crippen molar-refractivity contribution in [2.24, 2.45) is 0 Å². The van der Waals surface area contributed by atoms with E-state index in [1.807, 2.05) is 6.07 Å². The molecular formula is C19H22Cl2N4O3S. The first-order valence-electron chi connectivity index (χ1n) is 9.19. The summed E-state index contributed by atoms with van der Waals surface area (Å²) in [6, 6.07) is 8.76. The van der Waals surface area contributed by atoms with Gasteiger partial charge in [-0.2, -0.15) is 0 Å². The largest absolute Gasteiger partial charge is 0.334 e. The summed E-state index contributed by atoms with van der Waals surface area (Å²) in [5.41, 5.74) is 1.34. The van der Waals surface area contributed by atoms with E-state index in [4.69, 9.17) is 23.2 Å². The second-order valence-electron chi connectivity index (χ2n) is 6.81. The Kier molecular flexibility index (Phi) is 7.34. The smallest absolute Gasteiger partial charge is 0.319 e. The fourth-order valence-electron chi connectivity index (χ4n) is 3.07. The number of pyridine rings is 1. The molecule has 3 atom stereocenters. The maximum absolute atomic E-state index is 12.6. The molecule has 0 saturated heterocycles. The van der Waals surface area contributed by atoms with E-state index in [-0.39, 0.29) is 10.3 Å². The third kappa shape index (κ3) is 6.05. The molecule has 0 bridgehead atoms. The number of rotatable bonds is 6. The minimum Gasteiger partial charge on any atom is -0.334 e. The first-order chi connectivity index (χ1) is 13.8. The van der Waals surface area contributed by atoms with Gasteiger partial charge in [0, 0.05) is 30.7 Å². The predicted octanol–water partition coefficient (Wildman–Crippen LogP) is 3.45. The Bertz CT molecular complexity index is 926. The van der Waals surface area contributed by atoms with Crippen LogP contribution in [0.4, 0.5) is 10.5 Å². The van der Waals surface area contributed by atoms with E-state index in [0.29, 0.717) is 18.7 Å². The van der Waals surface area contributed by atoms with Crippen molar-refractivity contribution >= 4 is 44.9 Å². The van der Waals surface area contributed by atoms with Gasteiger partial charge in [-0.15, -0.1) is 23.2 Å². The highest BCUT2D eigenvalue weighted by molar-refractivity contribution is 7.89. The van der Waals surface area contributed by atoms with Crippen LogP contribution in [0.15, 0.2) is 53.7 Å². The Balaban J connectivity index is 1.56. The summed E-state index contributed by atoms with van der Waals surface area (Å²) in [6.07, 6.45) is 5.56. The van der Waals surface area contributed by atoms with Gasteiger partial charge in [-0.25, -0.2) is 17.9 Å². The van der Waals surface area contributed by atoms with Gasteiger partial charge in [0.2, 0.25) is 10.0 Å². The lowest BCUT2D eigenvalue weighted by Crippen LogP contribution is -2.46. The number of nitrogens with one attached hydrogen (secondary N) is 3. The van der Waals surface area contributed by atoms with Gasteiger partial charge in [0.25, 0.3) is 0 Å². The molecule has 156 valence electrons. The van der Waals surface area contributed by atoms with E-state index in [9.17, 15) is 13.2 Å². The lowest BCUT2D eigenvalue weighted by Gasteiger charge is -2.31. The third-order valence-corrected chi connectivity index (χ3v) is 7.36. The number of hydrogen-bond acceptors (Lipinski definition) is 4. The second-order valence-corrected chi connectivity index (χ2v) is 9.59. The van der Waals surface area contributed by atoms with Crippen LogP contribution >= 0.6 is 23.2 Å². The lowest BCUT2D eigenvalue weighted by molar-refractivity contribution is 0.251. The Hall–Kier alpha value is -1.87. The van der Waals surface area contributed by atoms with Crippen molar-refractivity contribution in [3.05, 3.63) is 54.4 Å². The van der Waals surface area contributed by atoms with Gasteiger partial charge in [0.05, 0.1) is 15.6 Å². The predicted molar refractivity (Wildman–Crippen MR) is 114 cm³/mol. The van der Waals surface area contributed by atoms with E-state index in [2.05, 4.69) is 20.3 Å². The average Bonchev–Trinajstić information content (AvgIpc) is 2.71. The monoisotopic (exact) mass is 456 g/mol. The number of amides is 2. The second kappa shape index (κ2) is 9.75. The number of urea groups is 1. The van der Waals surface area contributed by atoms with Crippen LogP contribution in [0.25, 0.3) is 0 Å². The van der Waals surface area contributed by atoms with E-state index in [1.165, 1.54) is 24.3 Å². The van der Waals surface area contributed by atoms with Gasteiger partial charge in [-0.3, -0.25) is 4.98 Å². The maximum atomic E-state index is 12.6. The van der Waals surface area contributed by atoms with Gasteiger partial charge in [-0.1, -0.05) is 12.5 Å². The summed E-state index contributed by atoms with van der Waals surface area (Å²) >= 11 is 12.4. The molecule has 1 fully saturated rings. The molecule has 1 heterocycles. The highest BCUT2D eigenvalue weighted by Gasteiger charge is 2.33. The van der Waals surface area contributed by atoms with E-state index < -0.39 is 27.5 Å². The number of sulfonamides is 1. The van der Waals surface area contributed by atoms with Crippen molar-refractivity contribution in [2.45, 2.75) is 47.5 Å². The highest BCUT2D eigenvalue weighted by Crippen LogP contribution is 2.29. The number of carbonyl (C=O) groups is 1. The van der Waals surface area contributed by atoms with Crippen LogP contribution in [0.1, 0.15) is 24.8 Å². The summed E-state index contributed by atoms with van der Waals surface area (Å²) in [7, 11) is -3.74. The number of benzene rings is 1. The van der Waals surface area contributed by atoms with Crippen molar-refractivity contribution in [1.29, 1.82) is 0 Å². The Labute approximate surface area is 180 Å². The van der Waals surface area contributed by atoms with Crippen molar-refractivity contribution in [3.63, 3.8) is 0 Å². The fourth-order valence-corrected chi connectivity index (χ4v) is 5.09. The molecule has 1 aromatic heterocycles. The standard InChI is InChI=1S/C19H22Cl2N4O3S/c20-16-4-1-5-17(18(16)21)25-29(27,28)15-8-6-14(7-9-15)24-19(26)23-12-13-3-2-10-22-11-13/h2-3,6-11,16-18,25H,1,4-5,12H2,(H2,23,24,26). The summed E-state index contributed by atoms with van der Waals surface area (Å²) in [4.78, 5) is 16.1. The quantitative estimate of drug-likeness (QED) is 0.579. The zero-order chi connectivity index (χ0) is 20.9. The van der Waals surface area contributed by atoms with Gasteiger partial charge in [-0.05, 0) is 48.7 Å². The van der Waals surface area contributed by atoms with Crippen molar-refractivity contribution in [1.82, 2.24) is 15.0 Å². The molecule has 2 aromatic rings. The zero-order valence-electron chi connectivity index (χ0n) is 15.5. The molecule has 3 unspecified atom stereocenters. The molecule has 1 aliphatic carbocycles. The van der Waals surface area contributed by atoms with Crippen LogP contribution in [0.2, 0.25) is 0 Å². The molecule has 0 aliphatic heterocycles. The van der Waals surface area contributed by atoms with Gasteiger partial charge < -0.3 is 10.6 Å². The lowest BCUT2D eigenvalue weighted by atomic mass is 9.95. The van der Waals surface area contributed by atoms with Crippen molar-refractivity contribution in [2.75, 3.05) is 5.32 Å². The molecule has 0 radical (unpaired) electrons. The fraction of sp³-hybridized carbons (Fsp3) is 0.368. The minimum absolute atomic E-state index is 0.0966. The van der Waals surface area contributed by atoms with Gasteiger partial charge in [0.1, 0.15) is 0 Å². The van der Waals surface area contributed by atoms with Crippen LogP contribution < -0.4 is 15.4 Å². The molecule has 1 aromatic carbocycles. The molecule has 1 saturated carbocycles. The van der Waals surface area contributed by atoms with Crippen LogP contribution in [-0.4, -0.2) is 36.2 Å². The molecule has 7 nitrogen and oxygen atoms in total. The molecule has 0 spiro atoms.